The molecule has 1 aromatic rings. The molecule has 1 unspecified atom stereocenters. The van der Waals surface area contributed by atoms with Crippen LogP contribution in [0, 0.1) is 11.3 Å². The van der Waals surface area contributed by atoms with E-state index in [1.54, 1.807) is 4.90 Å². The van der Waals surface area contributed by atoms with Crippen LogP contribution in [0.4, 0.5) is 4.79 Å². The van der Waals surface area contributed by atoms with Crippen molar-refractivity contribution in [2.75, 3.05) is 6.61 Å². The Bertz CT molecular complexity index is 425. The topological polar surface area (TPSA) is 53.3 Å². The van der Waals surface area contributed by atoms with Crippen LogP contribution in [0.15, 0.2) is 30.3 Å². The predicted octanol–water partition coefficient (Wildman–Crippen LogP) is 2.31. The number of nitrogens with zero attached hydrogens (tertiary/aromatic N) is 2. The molecule has 1 heterocycles. The molecular formula is C13H14N2O2. The van der Waals surface area contributed by atoms with Gasteiger partial charge in [-0.1, -0.05) is 30.3 Å². The lowest BCUT2D eigenvalue weighted by atomic mass is 10.1. The number of nitriles is 1. The zero-order valence-corrected chi connectivity index (χ0v) is 9.50. The first-order valence-corrected chi connectivity index (χ1v) is 5.65. The highest BCUT2D eigenvalue weighted by Gasteiger charge is 2.32. The number of ether oxygens (including phenoxy) is 1. The highest BCUT2D eigenvalue weighted by atomic mass is 16.6. The normalized spacial score (nSPS) is 18.9. The van der Waals surface area contributed by atoms with Gasteiger partial charge in [-0.05, 0) is 12.0 Å². The van der Waals surface area contributed by atoms with Gasteiger partial charge in [0.05, 0.1) is 12.1 Å². The van der Waals surface area contributed by atoms with Gasteiger partial charge >= 0.3 is 6.09 Å². The molecule has 88 valence electrons. The number of hydrogen-bond donors (Lipinski definition) is 0. The fourth-order valence-corrected chi connectivity index (χ4v) is 1.93. The molecule has 4 nitrogen and oxygen atoms in total. The number of amides is 1. The summed E-state index contributed by atoms with van der Waals surface area (Å²) >= 11 is 0. The minimum absolute atomic E-state index is 0.0300. The second kappa shape index (κ2) is 5.35. The molecule has 1 aliphatic rings. The van der Waals surface area contributed by atoms with Crippen molar-refractivity contribution in [1.82, 2.24) is 4.90 Å². The molecule has 0 bridgehead atoms. The Labute approximate surface area is 100 Å². The van der Waals surface area contributed by atoms with Crippen molar-refractivity contribution in [2.24, 2.45) is 0 Å². The average Bonchev–Trinajstić information content (AvgIpc) is 2.70. The van der Waals surface area contributed by atoms with Crippen molar-refractivity contribution in [2.45, 2.75) is 25.4 Å². The van der Waals surface area contributed by atoms with Crippen molar-refractivity contribution in [3.05, 3.63) is 35.9 Å². The van der Waals surface area contributed by atoms with Crippen molar-refractivity contribution >= 4 is 6.09 Å². The SMILES string of the molecule is N#CCCC1COC(=O)N1Cc1ccccc1. The lowest BCUT2D eigenvalue weighted by molar-refractivity contribution is 0.156. The summed E-state index contributed by atoms with van der Waals surface area (Å²) in [5.41, 5.74) is 1.08. The van der Waals surface area contributed by atoms with Crippen LogP contribution in [0.1, 0.15) is 18.4 Å². The highest BCUT2D eigenvalue weighted by Crippen LogP contribution is 2.19. The zero-order valence-electron chi connectivity index (χ0n) is 9.50. The van der Waals surface area contributed by atoms with Gasteiger partial charge in [0, 0.05) is 13.0 Å². The first-order chi connectivity index (χ1) is 8.31. The fourth-order valence-electron chi connectivity index (χ4n) is 1.93. The Morgan fingerprint density at radius 2 is 2.18 bits per heavy atom. The quantitative estimate of drug-likeness (QED) is 0.797. The van der Waals surface area contributed by atoms with E-state index >= 15 is 0 Å². The molecule has 0 spiro atoms. The van der Waals surface area contributed by atoms with E-state index in [4.69, 9.17) is 10.00 Å². The molecule has 1 saturated heterocycles. The third kappa shape index (κ3) is 2.76. The maximum absolute atomic E-state index is 11.6. The van der Waals surface area contributed by atoms with E-state index in [-0.39, 0.29) is 12.1 Å². The van der Waals surface area contributed by atoms with Crippen molar-refractivity contribution in [1.29, 1.82) is 5.26 Å². The largest absolute Gasteiger partial charge is 0.447 e. The van der Waals surface area contributed by atoms with Crippen molar-refractivity contribution in [3.8, 4) is 6.07 Å². The summed E-state index contributed by atoms with van der Waals surface area (Å²) in [5, 5.41) is 8.57. The first-order valence-electron chi connectivity index (χ1n) is 5.65. The van der Waals surface area contributed by atoms with Crippen LogP contribution in [-0.2, 0) is 11.3 Å². The van der Waals surface area contributed by atoms with Crippen LogP contribution in [0.3, 0.4) is 0 Å². The summed E-state index contributed by atoms with van der Waals surface area (Å²) < 4.78 is 5.02. The van der Waals surface area contributed by atoms with Crippen LogP contribution in [-0.4, -0.2) is 23.6 Å². The summed E-state index contributed by atoms with van der Waals surface area (Å²) in [4.78, 5) is 13.3. The molecule has 4 heteroatoms. The molecular weight excluding hydrogens is 216 g/mol. The number of rotatable bonds is 4. The second-order valence-corrected chi connectivity index (χ2v) is 4.04. The lowest BCUT2D eigenvalue weighted by Gasteiger charge is -2.20. The number of hydrogen-bond acceptors (Lipinski definition) is 3. The van der Waals surface area contributed by atoms with Gasteiger partial charge in [0.15, 0.2) is 0 Å². The molecule has 0 saturated carbocycles. The van der Waals surface area contributed by atoms with Crippen molar-refractivity contribution in [3.63, 3.8) is 0 Å². The minimum Gasteiger partial charge on any atom is -0.447 e. The Morgan fingerprint density at radius 3 is 2.88 bits per heavy atom. The van der Waals surface area contributed by atoms with Crippen LogP contribution in [0.5, 0.6) is 0 Å². The van der Waals surface area contributed by atoms with Gasteiger partial charge in [0.25, 0.3) is 0 Å². The van der Waals surface area contributed by atoms with E-state index in [0.29, 0.717) is 26.0 Å². The summed E-state index contributed by atoms with van der Waals surface area (Å²) in [6, 6.07) is 11.9. The van der Waals surface area contributed by atoms with E-state index in [0.717, 1.165) is 5.56 Å². The minimum atomic E-state index is -0.281. The molecule has 0 N–H and O–H groups in total. The molecule has 1 atom stereocenters. The number of carbonyl (C=O) groups excluding carboxylic acids is 1. The van der Waals surface area contributed by atoms with E-state index < -0.39 is 0 Å². The molecule has 1 aliphatic heterocycles. The van der Waals surface area contributed by atoms with E-state index in [1.165, 1.54) is 0 Å². The Morgan fingerprint density at radius 1 is 1.41 bits per heavy atom. The lowest BCUT2D eigenvalue weighted by Crippen LogP contribution is -2.32. The number of cyclic esters (lactones) is 1. The molecule has 0 aliphatic carbocycles. The third-order valence-electron chi connectivity index (χ3n) is 2.86. The molecule has 1 aromatic carbocycles. The second-order valence-electron chi connectivity index (χ2n) is 4.04. The van der Waals surface area contributed by atoms with E-state index in [1.807, 2.05) is 30.3 Å². The van der Waals surface area contributed by atoms with Gasteiger partial charge in [0.2, 0.25) is 0 Å². The summed E-state index contributed by atoms with van der Waals surface area (Å²) in [5.74, 6) is 0. The van der Waals surface area contributed by atoms with Gasteiger partial charge in [-0.2, -0.15) is 5.26 Å². The van der Waals surface area contributed by atoms with Gasteiger partial charge in [-0.15, -0.1) is 0 Å². The van der Waals surface area contributed by atoms with Crippen LogP contribution in [0.2, 0.25) is 0 Å². The van der Waals surface area contributed by atoms with Gasteiger partial charge in [-0.25, -0.2) is 4.79 Å². The zero-order chi connectivity index (χ0) is 12.1. The highest BCUT2D eigenvalue weighted by molar-refractivity contribution is 5.70. The molecule has 0 radical (unpaired) electrons. The molecule has 1 amide bonds. The van der Waals surface area contributed by atoms with Crippen LogP contribution >= 0.6 is 0 Å². The first kappa shape index (κ1) is 11.5. The summed E-state index contributed by atoms with van der Waals surface area (Å²) in [6.07, 6.45) is 0.846. The summed E-state index contributed by atoms with van der Waals surface area (Å²) in [6.45, 7) is 0.948. The molecule has 0 aromatic heterocycles. The fraction of sp³-hybridized carbons (Fsp3) is 0.385. The van der Waals surface area contributed by atoms with Gasteiger partial charge in [-0.3, -0.25) is 4.90 Å². The standard InChI is InChI=1S/C13H14N2O2/c14-8-4-7-12-10-17-13(16)15(12)9-11-5-2-1-3-6-11/h1-3,5-6,12H,4,7,9-10H2. The monoisotopic (exact) mass is 230 g/mol. The van der Waals surface area contributed by atoms with Gasteiger partial charge in [0.1, 0.15) is 6.61 Å². The van der Waals surface area contributed by atoms with Crippen molar-refractivity contribution < 1.29 is 9.53 Å². The Kier molecular flexibility index (Phi) is 3.61. The molecule has 1 fully saturated rings. The summed E-state index contributed by atoms with van der Waals surface area (Å²) in [7, 11) is 0. The van der Waals surface area contributed by atoms with Crippen LogP contribution < -0.4 is 0 Å². The third-order valence-corrected chi connectivity index (χ3v) is 2.86. The van der Waals surface area contributed by atoms with E-state index in [2.05, 4.69) is 6.07 Å². The maximum Gasteiger partial charge on any atom is 0.410 e. The van der Waals surface area contributed by atoms with Gasteiger partial charge < -0.3 is 4.74 Å². The Balaban J connectivity index is 2.02. The number of carbonyl (C=O) groups is 1. The van der Waals surface area contributed by atoms with E-state index in [9.17, 15) is 4.79 Å². The molecule has 17 heavy (non-hydrogen) atoms. The number of benzene rings is 1. The Hall–Kier alpha value is -2.02. The predicted molar refractivity (Wildman–Crippen MR) is 62.0 cm³/mol. The van der Waals surface area contributed by atoms with Crippen LogP contribution in [0.25, 0.3) is 0 Å². The maximum atomic E-state index is 11.6. The smallest absolute Gasteiger partial charge is 0.410 e. The molecule has 2 rings (SSSR count). The average molecular weight is 230 g/mol.